The molecule has 1 unspecified atom stereocenters. The Hall–Kier alpha value is -0.410. The summed E-state index contributed by atoms with van der Waals surface area (Å²) in [7, 11) is 3.31. The summed E-state index contributed by atoms with van der Waals surface area (Å²) in [5.74, 6) is 2.64. The van der Waals surface area contributed by atoms with Gasteiger partial charge in [-0.05, 0) is 39.9 Å². The lowest BCUT2D eigenvalue weighted by atomic mass is 9.97. The largest absolute Gasteiger partial charge is 0.496 e. The molecule has 0 amide bonds. The fourth-order valence-corrected chi connectivity index (χ4v) is 2.44. The van der Waals surface area contributed by atoms with Crippen LogP contribution < -0.4 is 9.47 Å². The van der Waals surface area contributed by atoms with Crippen molar-refractivity contribution in [3.8, 4) is 11.5 Å². The van der Waals surface area contributed by atoms with Gasteiger partial charge in [-0.3, -0.25) is 0 Å². The highest BCUT2D eigenvalue weighted by Crippen LogP contribution is 2.37. The third-order valence-corrected chi connectivity index (χ3v) is 3.42. The molecule has 0 N–H and O–H groups in total. The van der Waals surface area contributed by atoms with E-state index in [2.05, 4.69) is 22.9 Å². The fourth-order valence-electron chi connectivity index (χ4n) is 1.59. The molecule has 16 heavy (non-hydrogen) atoms. The van der Waals surface area contributed by atoms with E-state index in [-0.39, 0.29) is 0 Å². The predicted molar refractivity (Wildman–Crippen MR) is 71.0 cm³/mol. The maximum atomic E-state index is 5.76. The van der Waals surface area contributed by atoms with Gasteiger partial charge in [0.2, 0.25) is 0 Å². The van der Waals surface area contributed by atoms with Crippen molar-refractivity contribution in [1.29, 1.82) is 0 Å². The molecule has 0 saturated carbocycles. The van der Waals surface area contributed by atoms with Crippen LogP contribution in [0.25, 0.3) is 0 Å². The number of halogens is 2. The van der Waals surface area contributed by atoms with Gasteiger partial charge in [0.15, 0.2) is 0 Å². The molecule has 0 heterocycles. The summed E-state index contributed by atoms with van der Waals surface area (Å²) in [5.41, 5.74) is 1.15. The molecule has 2 nitrogen and oxygen atoms in total. The normalized spacial score (nSPS) is 12.3. The standard InChI is InChI=1S/C12H16BrClO2/c1-8(4-5-14)9-6-10(13)12(16-3)7-11(9)15-2/h6-8H,4-5H2,1-3H3. The Balaban J connectivity index is 3.12. The van der Waals surface area contributed by atoms with E-state index in [1.165, 1.54) is 0 Å². The minimum atomic E-state index is 0.370. The molecule has 1 rings (SSSR count). The highest BCUT2D eigenvalue weighted by Gasteiger charge is 2.14. The van der Waals surface area contributed by atoms with Crippen LogP contribution in [-0.4, -0.2) is 20.1 Å². The zero-order chi connectivity index (χ0) is 12.1. The molecule has 0 aliphatic rings. The van der Waals surface area contributed by atoms with Crippen molar-refractivity contribution in [2.75, 3.05) is 20.1 Å². The van der Waals surface area contributed by atoms with Gasteiger partial charge in [0.25, 0.3) is 0 Å². The van der Waals surface area contributed by atoms with Crippen LogP contribution in [0.5, 0.6) is 11.5 Å². The SMILES string of the molecule is COc1cc(OC)c(C(C)CCCl)cc1Br. The average molecular weight is 308 g/mol. The van der Waals surface area contributed by atoms with Crippen molar-refractivity contribution >= 4 is 27.5 Å². The van der Waals surface area contributed by atoms with E-state index in [0.29, 0.717) is 11.8 Å². The summed E-state index contributed by atoms with van der Waals surface area (Å²) < 4.78 is 11.5. The van der Waals surface area contributed by atoms with Crippen LogP contribution in [0.4, 0.5) is 0 Å². The number of hydrogen-bond donors (Lipinski definition) is 0. The summed E-state index contributed by atoms with van der Waals surface area (Å²) in [5, 5.41) is 0. The van der Waals surface area contributed by atoms with Gasteiger partial charge in [-0.15, -0.1) is 11.6 Å². The molecule has 4 heteroatoms. The van der Waals surface area contributed by atoms with Gasteiger partial charge in [0, 0.05) is 11.9 Å². The lowest BCUT2D eigenvalue weighted by Gasteiger charge is -2.16. The smallest absolute Gasteiger partial charge is 0.136 e. The van der Waals surface area contributed by atoms with Crippen LogP contribution in [-0.2, 0) is 0 Å². The first kappa shape index (κ1) is 13.7. The van der Waals surface area contributed by atoms with Crippen LogP contribution in [0.3, 0.4) is 0 Å². The number of methoxy groups -OCH3 is 2. The molecule has 0 aliphatic heterocycles. The van der Waals surface area contributed by atoms with E-state index in [9.17, 15) is 0 Å². The third kappa shape index (κ3) is 3.05. The molecular formula is C12H16BrClO2. The monoisotopic (exact) mass is 306 g/mol. The van der Waals surface area contributed by atoms with Crippen LogP contribution in [0.1, 0.15) is 24.8 Å². The van der Waals surface area contributed by atoms with E-state index < -0.39 is 0 Å². The summed E-state index contributed by atoms with van der Waals surface area (Å²) in [6.07, 6.45) is 0.927. The van der Waals surface area contributed by atoms with Crippen molar-refractivity contribution in [3.63, 3.8) is 0 Å². The second-order valence-electron chi connectivity index (χ2n) is 3.61. The van der Waals surface area contributed by atoms with Gasteiger partial charge >= 0.3 is 0 Å². The van der Waals surface area contributed by atoms with Crippen LogP contribution in [0, 0.1) is 0 Å². The van der Waals surface area contributed by atoms with E-state index in [0.717, 1.165) is 28.0 Å². The Morgan fingerprint density at radius 2 is 1.88 bits per heavy atom. The number of benzene rings is 1. The van der Waals surface area contributed by atoms with Gasteiger partial charge < -0.3 is 9.47 Å². The van der Waals surface area contributed by atoms with Crippen LogP contribution in [0.15, 0.2) is 16.6 Å². The summed E-state index contributed by atoms with van der Waals surface area (Å²) in [6.45, 7) is 2.14. The second-order valence-corrected chi connectivity index (χ2v) is 4.84. The Bertz CT molecular complexity index is 355. The maximum absolute atomic E-state index is 5.76. The highest BCUT2D eigenvalue weighted by atomic mass is 79.9. The Labute approximate surface area is 110 Å². The van der Waals surface area contributed by atoms with Gasteiger partial charge in [0.05, 0.1) is 18.7 Å². The second kappa shape index (κ2) is 6.36. The topological polar surface area (TPSA) is 18.5 Å². The van der Waals surface area contributed by atoms with Crippen molar-refractivity contribution in [1.82, 2.24) is 0 Å². The molecule has 90 valence electrons. The molecule has 1 atom stereocenters. The van der Waals surface area contributed by atoms with Crippen molar-refractivity contribution in [3.05, 3.63) is 22.2 Å². The van der Waals surface area contributed by atoms with Crippen molar-refractivity contribution < 1.29 is 9.47 Å². The first-order valence-corrected chi connectivity index (χ1v) is 6.44. The van der Waals surface area contributed by atoms with E-state index in [1.54, 1.807) is 14.2 Å². The Morgan fingerprint density at radius 1 is 1.25 bits per heavy atom. The molecular weight excluding hydrogens is 291 g/mol. The van der Waals surface area contributed by atoms with E-state index in [1.807, 2.05) is 12.1 Å². The Kier molecular flexibility index (Phi) is 5.42. The number of alkyl halides is 1. The van der Waals surface area contributed by atoms with Gasteiger partial charge in [-0.2, -0.15) is 0 Å². The van der Waals surface area contributed by atoms with Crippen LogP contribution in [0.2, 0.25) is 0 Å². The minimum Gasteiger partial charge on any atom is -0.496 e. The average Bonchev–Trinajstić information content (AvgIpc) is 2.29. The molecule has 1 aromatic carbocycles. The number of rotatable bonds is 5. The maximum Gasteiger partial charge on any atom is 0.136 e. The van der Waals surface area contributed by atoms with Gasteiger partial charge in [-0.25, -0.2) is 0 Å². The summed E-state index contributed by atoms with van der Waals surface area (Å²) >= 11 is 9.24. The molecule has 0 saturated heterocycles. The van der Waals surface area contributed by atoms with E-state index in [4.69, 9.17) is 21.1 Å². The zero-order valence-electron chi connectivity index (χ0n) is 9.72. The highest BCUT2D eigenvalue weighted by molar-refractivity contribution is 9.10. The zero-order valence-corrected chi connectivity index (χ0v) is 12.1. The molecule has 1 aromatic rings. The van der Waals surface area contributed by atoms with Crippen LogP contribution >= 0.6 is 27.5 Å². The molecule has 0 radical (unpaired) electrons. The van der Waals surface area contributed by atoms with Crippen molar-refractivity contribution in [2.45, 2.75) is 19.3 Å². The quantitative estimate of drug-likeness (QED) is 0.759. The Morgan fingerprint density at radius 3 is 2.38 bits per heavy atom. The lowest BCUT2D eigenvalue weighted by molar-refractivity contribution is 0.387. The number of ether oxygens (including phenoxy) is 2. The number of hydrogen-bond acceptors (Lipinski definition) is 2. The molecule has 0 fully saturated rings. The first-order chi connectivity index (χ1) is 7.63. The lowest BCUT2D eigenvalue weighted by Crippen LogP contribution is -2.00. The first-order valence-electron chi connectivity index (χ1n) is 5.11. The molecule has 0 bridgehead atoms. The van der Waals surface area contributed by atoms with Gasteiger partial charge in [-0.1, -0.05) is 6.92 Å². The summed E-state index contributed by atoms with van der Waals surface area (Å²) in [6, 6.07) is 3.93. The summed E-state index contributed by atoms with van der Waals surface area (Å²) in [4.78, 5) is 0. The predicted octanol–water partition coefficient (Wildman–Crippen LogP) is 4.20. The van der Waals surface area contributed by atoms with Crippen molar-refractivity contribution in [2.24, 2.45) is 0 Å². The molecule has 0 aliphatic carbocycles. The molecule has 0 spiro atoms. The third-order valence-electron chi connectivity index (χ3n) is 2.58. The van der Waals surface area contributed by atoms with Gasteiger partial charge in [0.1, 0.15) is 11.5 Å². The van der Waals surface area contributed by atoms with E-state index >= 15 is 0 Å². The fraction of sp³-hybridized carbons (Fsp3) is 0.500. The minimum absolute atomic E-state index is 0.370. The molecule has 0 aromatic heterocycles.